The molecule has 3 amide bonds. The maximum Gasteiger partial charge on any atom is 0.325 e. The number of thioether (sulfide) groups is 1. The third-order valence-electron chi connectivity index (χ3n) is 5.21. The molecule has 0 aliphatic carbocycles. The minimum absolute atomic E-state index is 0.000680. The summed E-state index contributed by atoms with van der Waals surface area (Å²) in [5, 5.41) is 14.2. The molecule has 2 aromatic heterocycles. The number of rotatable bonds is 6. The Bertz CT molecular complexity index is 1320. The summed E-state index contributed by atoms with van der Waals surface area (Å²) in [5.41, 5.74) is 5.67. The van der Waals surface area contributed by atoms with Crippen molar-refractivity contribution in [3.8, 4) is 17.1 Å². The second-order valence-corrected chi connectivity index (χ2v) is 8.75. The second-order valence-electron chi connectivity index (χ2n) is 7.80. The van der Waals surface area contributed by atoms with Gasteiger partial charge in [-0.3, -0.25) is 19.7 Å². The van der Waals surface area contributed by atoms with Gasteiger partial charge in [-0.15, -0.1) is 10.2 Å². The average molecular weight is 473 g/mol. The van der Waals surface area contributed by atoms with Crippen molar-refractivity contribution >= 4 is 29.4 Å². The Morgan fingerprint density at radius 3 is 2.35 bits per heavy atom. The van der Waals surface area contributed by atoms with Crippen LogP contribution in [0.4, 0.5) is 10.5 Å². The van der Waals surface area contributed by atoms with Crippen LogP contribution in [0.5, 0.6) is 0 Å². The molecule has 0 saturated carbocycles. The van der Waals surface area contributed by atoms with Crippen LogP contribution in [0.3, 0.4) is 0 Å². The van der Waals surface area contributed by atoms with Gasteiger partial charge in [0.15, 0.2) is 11.0 Å². The van der Waals surface area contributed by atoms with Crippen LogP contribution in [0.1, 0.15) is 16.7 Å². The number of aromatic nitrogens is 4. The van der Waals surface area contributed by atoms with Crippen LogP contribution in [-0.4, -0.2) is 37.4 Å². The molecule has 0 spiro atoms. The lowest BCUT2D eigenvalue weighted by molar-refractivity contribution is -0.117. The van der Waals surface area contributed by atoms with Crippen LogP contribution in [0, 0.1) is 20.8 Å². The van der Waals surface area contributed by atoms with Gasteiger partial charge in [0.1, 0.15) is 0 Å². The molecule has 2 aromatic carbocycles. The monoisotopic (exact) mass is 472 g/mol. The lowest BCUT2D eigenvalue weighted by Crippen LogP contribution is -2.35. The van der Waals surface area contributed by atoms with Crippen LogP contribution in [0.25, 0.3) is 17.1 Å². The first-order valence-electron chi connectivity index (χ1n) is 10.6. The van der Waals surface area contributed by atoms with Crippen LogP contribution in [0.2, 0.25) is 0 Å². The van der Waals surface area contributed by atoms with Gasteiger partial charge in [-0.05, 0) is 68.3 Å². The quantitative estimate of drug-likeness (QED) is 0.395. The van der Waals surface area contributed by atoms with E-state index in [-0.39, 0.29) is 5.75 Å². The number of anilines is 1. The van der Waals surface area contributed by atoms with Crippen molar-refractivity contribution in [2.24, 2.45) is 0 Å². The zero-order valence-electron chi connectivity index (χ0n) is 19.1. The first kappa shape index (κ1) is 23.2. The Morgan fingerprint density at radius 1 is 0.912 bits per heavy atom. The van der Waals surface area contributed by atoms with Crippen LogP contribution < -0.4 is 10.6 Å². The zero-order chi connectivity index (χ0) is 24.1. The number of amides is 3. The zero-order valence-corrected chi connectivity index (χ0v) is 19.9. The minimum Gasteiger partial charge on any atom is -0.308 e. The number of aryl methyl sites for hydroxylation is 3. The van der Waals surface area contributed by atoms with Crippen LogP contribution in [0.15, 0.2) is 72.1 Å². The number of hydrogen-bond acceptors (Lipinski definition) is 6. The van der Waals surface area contributed by atoms with E-state index in [1.807, 2.05) is 73.9 Å². The molecule has 2 N–H and O–H groups in total. The van der Waals surface area contributed by atoms with Crippen molar-refractivity contribution in [3.63, 3.8) is 0 Å². The van der Waals surface area contributed by atoms with Gasteiger partial charge in [-0.1, -0.05) is 35.5 Å². The number of hydrogen-bond donors (Lipinski definition) is 2. The standard InChI is InChI=1S/C25H24N6O2S/c1-16-4-8-21(9-5-16)31-23(19-10-12-26-13-11-19)29-30-25(31)34-15-22(32)28-24(33)27-20-7-6-17(2)18(3)14-20/h4-14H,15H2,1-3H3,(H2,27,28,32,33). The van der Waals surface area contributed by atoms with E-state index < -0.39 is 11.9 Å². The highest BCUT2D eigenvalue weighted by Gasteiger charge is 2.18. The molecule has 2 heterocycles. The number of nitrogens with zero attached hydrogens (tertiary/aromatic N) is 4. The SMILES string of the molecule is Cc1ccc(-n2c(SCC(=O)NC(=O)Nc3ccc(C)c(C)c3)nnc2-c2ccncc2)cc1. The molecule has 0 aliphatic rings. The van der Waals surface area contributed by atoms with E-state index in [0.717, 1.165) is 27.9 Å². The summed E-state index contributed by atoms with van der Waals surface area (Å²) in [4.78, 5) is 28.8. The molecule has 172 valence electrons. The number of imide groups is 1. The van der Waals surface area contributed by atoms with E-state index >= 15 is 0 Å². The predicted octanol–water partition coefficient (Wildman–Crippen LogP) is 4.69. The topological polar surface area (TPSA) is 102 Å². The fourth-order valence-corrected chi connectivity index (χ4v) is 4.00. The third kappa shape index (κ3) is 5.49. The molecule has 0 fully saturated rings. The number of urea groups is 1. The van der Waals surface area contributed by atoms with Crippen LogP contribution in [-0.2, 0) is 4.79 Å². The smallest absolute Gasteiger partial charge is 0.308 e. The molecule has 0 atom stereocenters. The summed E-state index contributed by atoms with van der Waals surface area (Å²) in [6, 6.07) is 16.7. The molecule has 8 nitrogen and oxygen atoms in total. The molecule has 0 unspecified atom stereocenters. The van der Waals surface area contributed by atoms with Gasteiger partial charge in [0, 0.05) is 29.3 Å². The van der Waals surface area contributed by atoms with Gasteiger partial charge in [0.2, 0.25) is 5.91 Å². The number of nitrogens with one attached hydrogen (secondary N) is 2. The van der Waals surface area contributed by atoms with Gasteiger partial charge in [-0.2, -0.15) is 0 Å². The summed E-state index contributed by atoms with van der Waals surface area (Å²) >= 11 is 1.20. The van der Waals surface area contributed by atoms with E-state index in [0.29, 0.717) is 16.7 Å². The molecule has 0 radical (unpaired) electrons. The van der Waals surface area contributed by atoms with E-state index in [9.17, 15) is 9.59 Å². The summed E-state index contributed by atoms with van der Waals surface area (Å²) in [6.07, 6.45) is 3.38. The summed E-state index contributed by atoms with van der Waals surface area (Å²) in [7, 11) is 0. The third-order valence-corrected chi connectivity index (χ3v) is 6.14. The highest BCUT2D eigenvalue weighted by atomic mass is 32.2. The Labute approximate surface area is 201 Å². The van der Waals surface area contributed by atoms with Gasteiger partial charge >= 0.3 is 6.03 Å². The molecule has 0 bridgehead atoms. The Hall–Kier alpha value is -3.98. The molecule has 34 heavy (non-hydrogen) atoms. The fraction of sp³-hybridized carbons (Fsp3) is 0.160. The summed E-state index contributed by atoms with van der Waals surface area (Å²) < 4.78 is 1.89. The maximum absolute atomic E-state index is 12.4. The number of benzene rings is 2. The predicted molar refractivity (Wildman–Crippen MR) is 133 cm³/mol. The molecule has 9 heteroatoms. The van der Waals surface area contributed by atoms with Crippen molar-refractivity contribution < 1.29 is 9.59 Å². The van der Waals surface area contributed by atoms with Crippen LogP contribution >= 0.6 is 11.8 Å². The number of pyridine rings is 1. The lowest BCUT2D eigenvalue weighted by atomic mass is 10.1. The van der Waals surface area contributed by atoms with Gasteiger partial charge in [-0.25, -0.2) is 4.79 Å². The normalized spacial score (nSPS) is 10.7. The molecule has 0 aliphatic heterocycles. The average Bonchev–Trinajstić information content (AvgIpc) is 3.25. The Balaban J connectivity index is 1.47. The minimum atomic E-state index is -0.577. The molecule has 4 aromatic rings. The van der Waals surface area contributed by atoms with E-state index in [1.54, 1.807) is 18.5 Å². The van der Waals surface area contributed by atoms with Gasteiger partial charge < -0.3 is 5.32 Å². The molecular weight excluding hydrogens is 448 g/mol. The largest absolute Gasteiger partial charge is 0.325 e. The summed E-state index contributed by atoms with van der Waals surface area (Å²) in [5.74, 6) is 0.206. The van der Waals surface area contributed by atoms with E-state index in [4.69, 9.17) is 0 Å². The van der Waals surface area contributed by atoms with Gasteiger partial charge in [0.05, 0.1) is 5.75 Å². The second kappa shape index (κ2) is 10.3. The molecular formula is C25H24N6O2S. The number of carbonyl (C=O) groups excluding carboxylic acids is 2. The van der Waals surface area contributed by atoms with Crippen molar-refractivity contribution in [3.05, 3.63) is 83.7 Å². The lowest BCUT2D eigenvalue weighted by Gasteiger charge is -2.11. The molecule has 4 rings (SSSR count). The van der Waals surface area contributed by atoms with Crippen molar-refractivity contribution in [2.75, 3.05) is 11.1 Å². The van der Waals surface area contributed by atoms with Gasteiger partial charge in [0.25, 0.3) is 0 Å². The molecule has 0 saturated heterocycles. The number of carbonyl (C=O) groups is 2. The Kier molecular flexibility index (Phi) is 7.03. The van der Waals surface area contributed by atoms with Crippen molar-refractivity contribution in [1.82, 2.24) is 25.1 Å². The van der Waals surface area contributed by atoms with E-state index in [2.05, 4.69) is 25.8 Å². The first-order chi connectivity index (χ1) is 16.4. The highest BCUT2D eigenvalue weighted by Crippen LogP contribution is 2.27. The van der Waals surface area contributed by atoms with E-state index in [1.165, 1.54) is 11.8 Å². The summed E-state index contributed by atoms with van der Waals surface area (Å²) in [6.45, 7) is 5.97. The Morgan fingerprint density at radius 2 is 1.65 bits per heavy atom. The fourth-order valence-electron chi connectivity index (χ4n) is 3.25. The van der Waals surface area contributed by atoms with Crippen molar-refractivity contribution in [2.45, 2.75) is 25.9 Å². The van der Waals surface area contributed by atoms with Crippen molar-refractivity contribution in [1.29, 1.82) is 0 Å². The highest BCUT2D eigenvalue weighted by molar-refractivity contribution is 7.99. The maximum atomic E-state index is 12.4. The first-order valence-corrected chi connectivity index (χ1v) is 11.6.